The van der Waals surface area contributed by atoms with Gasteiger partial charge in [-0.15, -0.1) is 0 Å². The number of piperazine rings is 1. The Bertz CT molecular complexity index is 659. The molecular formula is C22H35N5O. The normalized spacial score (nSPS) is 23.9. The van der Waals surface area contributed by atoms with Gasteiger partial charge in [-0.1, -0.05) is 0 Å². The number of hydrogen-bond acceptors (Lipinski definition) is 5. The van der Waals surface area contributed by atoms with Crippen LogP contribution in [0, 0.1) is 5.92 Å². The first-order valence-corrected chi connectivity index (χ1v) is 11.0. The molecule has 6 heteroatoms. The van der Waals surface area contributed by atoms with Gasteiger partial charge in [-0.05, 0) is 57.7 Å². The minimum absolute atomic E-state index is 0.166. The summed E-state index contributed by atoms with van der Waals surface area (Å²) in [7, 11) is 2.22. The predicted octanol–water partition coefficient (Wildman–Crippen LogP) is 2.17. The van der Waals surface area contributed by atoms with Gasteiger partial charge in [0.1, 0.15) is 5.82 Å². The molecule has 1 aromatic rings. The highest BCUT2D eigenvalue weighted by Crippen LogP contribution is 2.27. The first-order chi connectivity index (χ1) is 13.6. The summed E-state index contributed by atoms with van der Waals surface area (Å²) < 4.78 is 0. The van der Waals surface area contributed by atoms with Crippen LogP contribution in [0.3, 0.4) is 0 Å². The molecule has 0 spiro atoms. The predicted molar refractivity (Wildman–Crippen MR) is 113 cm³/mol. The molecule has 0 aromatic carbocycles. The quantitative estimate of drug-likeness (QED) is 0.795. The van der Waals surface area contributed by atoms with E-state index in [0.717, 1.165) is 56.3 Å². The molecule has 6 nitrogen and oxygen atoms in total. The summed E-state index contributed by atoms with van der Waals surface area (Å²) in [6.45, 7) is 11.0. The van der Waals surface area contributed by atoms with E-state index in [-0.39, 0.29) is 5.91 Å². The molecule has 3 aliphatic rings. The fourth-order valence-corrected chi connectivity index (χ4v) is 4.97. The van der Waals surface area contributed by atoms with Crippen LogP contribution in [0.1, 0.15) is 43.0 Å². The Labute approximate surface area is 169 Å². The highest BCUT2D eigenvalue weighted by atomic mass is 16.2. The van der Waals surface area contributed by atoms with Gasteiger partial charge >= 0.3 is 0 Å². The Balaban J connectivity index is 1.33. The average molecular weight is 386 g/mol. The van der Waals surface area contributed by atoms with Crippen molar-refractivity contribution >= 4 is 11.7 Å². The van der Waals surface area contributed by atoms with Crippen molar-refractivity contribution < 1.29 is 4.79 Å². The van der Waals surface area contributed by atoms with E-state index < -0.39 is 0 Å². The zero-order valence-electron chi connectivity index (χ0n) is 17.5. The van der Waals surface area contributed by atoms with Gasteiger partial charge in [0.25, 0.3) is 5.91 Å². The topological polar surface area (TPSA) is 42.9 Å². The van der Waals surface area contributed by atoms with Crippen molar-refractivity contribution in [3.05, 3.63) is 23.9 Å². The number of carbonyl (C=O) groups excluding carboxylic acids is 1. The second-order valence-electron chi connectivity index (χ2n) is 8.81. The van der Waals surface area contributed by atoms with Crippen LogP contribution in [0.15, 0.2) is 18.3 Å². The van der Waals surface area contributed by atoms with E-state index in [0.29, 0.717) is 6.04 Å². The summed E-state index contributed by atoms with van der Waals surface area (Å²) >= 11 is 0. The number of rotatable bonds is 4. The molecule has 1 atom stereocenters. The second-order valence-corrected chi connectivity index (χ2v) is 8.81. The third kappa shape index (κ3) is 4.33. The SMILES string of the molecule is CC(C1CCN(c2cc(C(=O)N3CCCC3)ccn2)CC1)N1CCN(C)CC1. The van der Waals surface area contributed by atoms with E-state index >= 15 is 0 Å². The lowest BCUT2D eigenvalue weighted by molar-refractivity contribution is 0.0792. The standard InChI is InChI=1S/C22H35N5O/c1-18(25-15-13-24(2)14-16-25)19-6-11-26(12-7-19)21-17-20(5-8-23-21)22(28)27-9-3-4-10-27/h5,8,17-19H,3-4,6-7,9-16H2,1-2H3. The van der Waals surface area contributed by atoms with Crippen LogP contribution in [0.5, 0.6) is 0 Å². The van der Waals surface area contributed by atoms with Crippen LogP contribution in [-0.2, 0) is 0 Å². The van der Waals surface area contributed by atoms with Gasteiger partial charge in [0.2, 0.25) is 0 Å². The Morgan fingerprint density at radius 3 is 2.39 bits per heavy atom. The summed E-state index contributed by atoms with van der Waals surface area (Å²) in [4.78, 5) is 26.7. The Kier molecular flexibility index (Phi) is 6.16. The average Bonchev–Trinajstić information content (AvgIpc) is 3.28. The van der Waals surface area contributed by atoms with Crippen molar-refractivity contribution in [2.24, 2.45) is 5.92 Å². The number of pyridine rings is 1. The Hall–Kier alpha value is -1.66. The molecule has 3 aliphatic heterocycles. The van der Waals surface area contributed by atoms with Crippen molar-refractivity contribution in [2.75, 3.05) is 64.3 Å². The molecule has 3 saturated heterocycles. The van der Waals surface area contributed by atoms with Crippen molar-refractivity contribution in [3.8, 4) is 0 Å². The minimum Gasteiger partial charge on any atom is -0.357 e. The molecule has 28 heavy (non-hydrogen) atoms. The van der Waals surface area contributed by atoms with Gasteiger partial charge in [-0.25, -0.2) is 4.98 Å². The van der Waals surface area contributed by atoms with Crippen LogP contribution in [-0.4, -0.2) is 91.0 Å². The molecule has 1 amide bonds. The van der Waals surface area contributed by atoms with E-state index in [9.17, 15) is 4.79 Å². The fraction of sp³-hybridized carbons (Fsp3) is 0.727. The Morgan fingerprint density at radius 2 is 1.71 bits per heavy atom. The van der Waals surface area contributed by atoms with Crippen LogP contribution in [0.4, 0.5) is 5.82 Å². The van der Waals surface area contributed by atoms with Crippen LogP contribution < -0.4 is 4.90 Å². The largest absolute Gasteiger partial charge is 0.357 e. The number of likely N-dealkylation sites (tertiary alicyclic amines) is 1. The van der Waals surface area contributed by atoms with E-state index in [1.165, 1.54) is 39.0 Å². The summed E-state index contributed by atoms with van der Waals surface area (Å²) in [5.74, 6) is 1.89. The molecule has 0 radical (unpaired) electrons. The number of hydrogen-bond donors (Lipinski definition) is 0. The summed E-state index contributed by atoms with van der Waals surface area (Å²) in [5, 5.41) is 0. The lowest BCUT2D eigenvalue weighted by Gasteiger charge is -2.43. The lowest BCUT2D eigenvalue weighted by Crippen LogP contribution is -2.51. The summed E-state index contributed by atoms with van der Waals surface area (Å²) in [6, 6.07) is 4.53. The molecule has 0 aliphatic carbocycles. The smallest absolute Gasteiger partial charge is 0.254 e. The molecule has 1 unspecified atom stereocenters. The minimum atomic E-state index is 0.166. The van der Waals surface area contributed by atoms with Gasteiger partial charge in [-0.2, -0.15) is 0 Å². The number of aromatic nitrogens is 1. The van der Waals surface area contributed by atoms with Crippen molar-refractivity contribution in [1.82, 2.24) is 19.7 Å². The second kappa shape index (κ2) is 8.78. The van der Waals surface area contributed by atoms with E-state index in [1.54, 1.807) is 6.20 Å². The molecule has 1 aromatic heterocycles. The van der Waals surface area contributed by atoms with Crippen molar-refractivity contribution in [2.45, 2.75) is 38.6 Å². The molecule has 0 bridgehead atoms. The number of likely N-dealkylation sites (N-methyl/N-ethyl adjacent to an activating group) is 1. The third-order valence-electron chi connectivity index (χ3n) is 7.05. The summed E-state index contributed by atoms with van der Waals surface area (Å²) in [5.41, 5.74) is 0.792. The molecule has 154 valence electrons. The first-order valence-electron chi connectivity index (χ1n) is 11.0. The van der Waals surface area contributed by atoms with Gasteiger partial charge in [0.15, 0.2) is 0 Å². The van der Waals surface area contributed by atoms with Crippen LogP contribution >= 0.6 is 0 Å². The lowest BCUT2D eigenvalue weighted by atomic mass is 9.89. The maximum atomic E-state index is 12.7. The van der Waals surface area contributed by atoms with Crippen molar-refractivity contribution in [1.29, 1.82) is 0 Å². The zero-order valence-corrected chi connectivity index (χ0v) is 17.5. The number of carbonyl (C=O) groups is 1. The van der Waals surface area contributed by atoms with Gasteiger partial charge < -0.3 is 14.7 Å². The highest BCUT2D eigenvalue weighted by molar-refractivity contribution is 5.95. The number of amides is 1. The maximum Gasteiger partial charge on any atom is 0.254 e. The highest BCUT2D eigenvalue weighted by Gasteiger charge is 2.30. The number of nitrogens with zero attached hydrogens (tertiary/aromatic N) is 5. The molecular weight excluding hydrogens is 350 g/mol. The number of piperidine rings is 1. The van der Waals surface area contributed by atoms with Gasteiger partial charge in [0, 0.05) is 70.2 Å². The van der Waals surface area contributed by atoms with E-state index in [4.69, 9.17) is 0 Å². The molecule has 0 N–H and O–H groups in total. The van der Waals surface area contributed by atoms with Gasteiger partial charge in [-0.3, -0.25) is 9.69 Å². The first kappa shape index (κ1) is 19.6. The fourth-order valence-electron chi connectivity index (χ4n) is 4.97. The molecule has 0 saturated carbocycles. The third-order valence-corrected chi connectivity index (χ3v) is 7.05. The van der Waals surface area contributed by atoms with Crippen molar-refractivity contribution in [3.63, 3.8) is 0 Å². The Morgan fingerprint density at radius 1 is 1.04 bits per heavy atom. The monoisotopic (exact) mass is 385 g/mol. The molecule has 4 heterocycles. The van der Waals surface area contributed by atoms with Crippen LogP contribution in [0.2, 0.25) is 0 Å². The molecule has 3 fully saturated rings. The zero-order chi connectivity index (χ0) is 19.5. The maximum absolute atomic E-state index is 12.7. The van der Waals surface area contributed by atoms with E-state index in [2.05, 4.69) is 33.7 Å². The van der Waals surface area contributed by atoms with Gasteiger partial charge in [0.05, 0.1) is 0 Å². The van der Waals surface area contributed by atoms with Crippen LogP contribution in [0.25, 0.3) is 0 Å². The van der Waals surface area contributed by atoms with E-state index in [1.807, 2.05) is 17.0 Å². The molecule has 4 rings (SSSR count). The summed E-state index contributed by atoms with van der Waals surface area (Å²) in [6.07, 6.45) is 6.47. The number of anilines is 1.